The van der Waals surface area contributed by atoms with Crippen LogP contribution in [0.15, 0.2) is 66.9 Å². The van der Waals surface area contributed by atoms with E-state index in [1.165, 1.54) is 24.4 Å². The third-order valence-corrected chi connectivity index (χ3v) is 6.25. The molecule has 9 nitrogen and oxygen atoms in total. The highest BCUT2D eigenvalue weighted by molar-refractivity contribution is 5.89. The van der Waals surface area contributed by atoms with Crippen LogP contribution in [0, 0.1) is 12.7 Å². The van der Waals surface area contributed by atoms with Crippen molar-refractivity contribution in [3.05, 3.63) is 89.8 Å². The predicted molar refractivity (Wildman–Crippen MR) is 147 cm³/mol. The Bertz CT molecular complexity index is 1740. The molecule has 3 aromatic heterocycles. The predicted octanol–water partition coefficient (Wildman–Crippen LogP) is 5.42. The Hall–Kier alpha value is -4.97. The minimum absolute atomic E-state index is 0.0163. The van der Waals surface area contributed by atoms with Crippen LogP contribution >= 0.6 is 0 Å². The third-order valence-electron chi connectivity index (χ3n) is 6.25. The lowest BCUT2D eigenvalue weighted by Crippen LogP contribution is -2.34. The Labute approximate surface area is 232 Å². The molecule has 2 aromatic carbocycles. The molecule has 0 aliphatic rings. The fraction of sp³-hybridized carbons (Fsp3) is 0.172. The van der Waals surface area contributed by atoms with E-state index in [1.807, 2.05) is 37.3 Å². The van der Waals surface area contributed by atoms with Gasteiger partial charge in [0, 0.05) is 16.6 Å². The van der Waals surface area contributed by atoms with Gasteiger partial charge in [0.05, 0.1) is 47.4 Å². The fourth-order valence-corrected chi connectivity index (χ4v) is 4.18. The lowest BCUT2D eigenvalue weighted by Gasteiger charge is -2.15. The van der Waals surface area contributed by atoms with E-state index in [0.717, 1.165) is 5.69 Å². The van der Waals surface area contributed by atoms with Gasteiger partial charge in [0.1, 0.15) is 17.3 Å². The van der Waals surface area contributed by atoms with E-state index in [2.05, 4.69) is 20.3 Å². The van der Waals surface area contributed by atoms with Gasteiger partial charge in [-0.15, -0.1) is 0 Å². The molecule has 5 aromatic rings. The van der Waals surface area contributed by atoms with E-state index in [-0.39, 0.29) is 18.0 Å². The number of fused-ring (bicyclic) bond motifs is 1. The number of pyridine rings is 2. The van der Waals surface area contributed by atoms with Crippen LogP contribution < -0.4 is 15.8 Å². The third kappa shape index (κ3) is 6.12. The van der Waals surface area contributed by atoms with Crippen molar-refractivity contribution in [1.29, 1.82) is 0 Å². The van der Waals surface area contributed by atoms with Crippen LogP contribution in [0.25, 0.3) is 33.5 Å². The van der Waals surface area contributed by atoms with Crippen LogP contribution in [0.3, 0.4) is 0 Å². The SMILES string of the molecule is Cc1cccc(-c2nc(CNc3cccc(C(=O)O)c3F)[nH]c2-c2ccc3ncc(OCC(F)(F)CN)cc3c2)n1. The summed E-state index contributed by atoms with van der Waals surface area (Å²) in [5, 5.41) is 12.8. The van der Waals surface area contributed by atoms with E-state index < -0.39 is 36.4 Å². The van der Waals surface area contributed by atoms with Crippen molar-refractivity contribution in [2.75, 3.05) is 18.5 Å². The first kappa shape index (κ1) is 27.6. The topological polar surface area (TPSA) is 139 Å². The molecule has 0 saturated heterocycles. The molecule has 12 heteroatoms. The molecular formula is C29H25F3N6O3. The number of rotatable bonds is 10. The lowest BCUT2D eigenvalue weighted by atomic mass is 10.1. The highest BCUT2D eigenvalue weighted by Crippen LogP contribution is 2.32. The number of aromatic carboxylic acids is 1. The number of ether oxygens (including phenoxy) is 1. The molecule has 0 saturated carbocycles. The van der Waals surface area contributed by atoms with Crippen LogP contribution in [0.1, 0.15) is 21.9 Å². The van der Waals surface area contributed by atoms with Gasteiger partial charge in [-0.3, -0.25) is 9.97 Å². The first-order chi connectivity index (χ1) is 19.6. The number of hydrogen-bond acceptors (Lipinski definition) is 7. The average molecular weight is 563 g/mol. The molecule has 41 heavy (non-hydrogen) atoms. The van der Waals surface area contributed by atoms with Crippen LogP contribution in [0.5, 0.6) is 5.75 Å². The van der Waals surface area contributed by atoms with Crippen molar-refractivity contribution in [3.8, 4) is 28.4 Å². The van der Waals surface area contributed by atoms with Crippen LogP contribution in [-0.2, 0) is 6.54 Å². The van der Waals surface area contributed by atoms with Gasteiger partial charge in [0.15, 0.2) is 12.4 Å². The molecule has 210 valence electrons. The molecule has 0 bridgehead atoms. The van der Waals surface area contributed by atoms with E-state index in [0.29, 0.717) is 39.4 Å². The number of imidazole rings is 1. The minimum atomic E-state index is -3.16. The Balaban J connectivity index is 1.50. The maximum Gasteiger partial charge on any atom is 0.338 e. The first-order valence-electron chi connectivity index (χ1n) is 12.5. The number of carbonyl (C=O) groups is 1. The number of alkyl halides is 2. The minimum Gasteiger partial charge on any atom is -0.486 e. The molecule has 0 spiro atoms. The van der Waals surface area contributed by atoms with E-state index in [4.69, 9.17) is 15.5 Å². The summed E-state index contributed by atoms with van der Waals surface area (Å²) in [4.78, 5) is 28.2. The van der Waals surface area contributed by atoms with Gasteiger partial charge < -0.3 is 25.9 Å². The van der Waals surface area contributed by atoms with Gasteiger partial charge in [0.2, 0.25) is 0 Å². The highest BCUT2D eigenvalue weighted by atomic mass is 19.3. The summed E-state index contributed by atoms with van der Waals surface area (Å²) in [6.45, 7) is 0.213. The van der Waals surface area contributed by atoms with Crippen molar-refractivity contribution < 1.29 is 27.8 Å². The molecule has 0 atom stereocenters. The van der Waals surface area contributed by atoms with Crippen LogP contribution in [-0.4, -0.2) is 50.1 Å². The quantitative estimate of drug-likeness (QED) is 0.177. The monoisotopic (exact) mass is 562 g/mol. The van der Waals surface area contributed by atoms with Gasteiger partial charge >= 0.3 is 5.97 Å². The number of nitrogens with zero attached hydrogens (tertiary/aromatic N) is 3. The zero-order valence-electron chi connectivity index (χ0n) is 21.8. The van der Waals surface area contributed by atoms with Crippen molar-refractivity contribution in [1.82, 2.24) is 19.9 Å². The Morgan fingerprint density at radius 3 is 2.68 bits per heavy atom. The molecule has 0 radical (unpaired) electrons. The number of nitrogens with two attached hydrogens (primary N) is 1. The number of benzene rings is 2. The van der Waals surface area contributed by atoms with Gasteiger partial charge in [-0.25, -0.2) is 22.9 Å². The second kappa shape index (κ2) is 11.3. The van der Waals surface area contributed by atoms with Crippen LogP contribution in [0.2, 0.25) is 0 Å². The molecule has 0 fully saturated rings. The van der Waals surface area contributed by atoms with E-state index >= 15 is 0 Å². The standard InChI is InChI=1S/C29H25F3N6O3/c1-16-4-2-7-23(36-16)27-26(37-24(38-27)13-35-22-6-3-5-20(25(22)30)28(39)40)17-8-9-21-18(10-17)11-19(12-34-21)41-15-29(31,32)14-33/h2-12,35H,13-15,33H2,1H3,(H,37,38)(H,39,40). The van der Waals surface area contributed by atoms with Crippen molar-refractivity contribution >= 4 is 22.6 Å². The zero-order valence-corrected chi connectivity index (χ0v) is 21.8. The normalized spacial score (nSPS) is 11.5. The summed E-state index contributed by atoms with van der Waals surface area (Å²) in [5.74, 6) is -4.80. The maximum absolute atomic E-state index is 14.7. The number of carboxylic acids is 1. The smallest absolute Gasteiger partial charge is 0.338 e. The molecule has 3 heterocycles. The molecule has 0 aliphatic carbocycles. The zero-order chi connectivity index (χ0) is 29.1. The molecule has 5 N–H and O–H groups in total. The number of carboxylic acid groups (broad SMARTS) is 1. The Morgan fingerprint density at radius 1 is 1.12 bits per heavy atom. The van der Waals surface area contributed by atoms with Crippen molar-refractivity contribution in [3.63, 3.8) is 0 Å². The first-order valence-corrected chi connectivity index (χ1v) is 12.5. The van der Waals surface area contributed by atoms with Crippen molar-refractivity contribution in [2.24, 2.45) is 5.73 Å². The number of aryl methyl sites for hydroxylation is 1. The number of nitrogens with one attached hydrogen (secondary N) is 2. The summed E-state index contributed by atoms with van der Waals surface area (Å²) in [6, 6.07) is 16.6. The molecule has 5 rings (SSSR count). The molecule has 0 aliphatic heterocycles. The second-order valence-corrected chi connectivity index (χ2v) is 9.32. The number of aromatic nitrogens is 4. The number of H-pyrrole nitrogens is 1. The lowest BCUT2D eigenvalue weighted by molar-refractivity contribution is -0.0319. The number of anilines is 1. The summed E-state index contributed by atoms with van der Waals surface area (Å²) in [5.41, 5.74) is 8.52. The second-order valence-electron chi connectivity index (χ2n) is 9.32. The van der Waals surface area contributed by atoms with Gasteiger partial charge in [-0.1, -0.05) is 18.2 Å². The summed E-state index contributed by atoms with van der Waals surface area (Å²) in [6.07, 6.45) is 1.37. The number of halogens is 3. The highest BCUT2D eigenvalue weighted by Gasteiger charge is 2.28. The summed E-state index contributed by atoms with van der Waals surface area (Å²) in [7, 11) is 0. The van der Waals surface area contributed by atoms with Crippen LogP contribution in [0.4, 0.5) is 18.9 Å². The van der Waals surface area contributed by atoms with Gasteiger partial charge in [-0.2, -0.15) is 0 Å². The molecular weight excluding hydrogens is 537 g/mol. The van der Waals surface area contributed by atoms with Gasteiger partial charge in [0.25, 0.3) is 5.92 Å². The van der Waals surface area contributed by atoms with Crippen molar-refractivity contribution in [2.45, 2.75) is 19.4 Å². The fourth-order valence-electron chi connectivity index (χ4n) is 4.18. The average Bonchev–Trinajstić information content (AvgIpc) is 3.39. The Morgan fingerprint density at radius 2 is 1.93 bits per heavy atom. The summed E-state index contributed by atoms with van der Waals surface area (Å²) < 4.78 is 47.1. The van der Waals surface area contributed by atoms with E-state index in [9.17, 15) is 23.1 Å². The molecule has 0 amide bonds. The number of aromatic amines is 1. The molecule has 0 unspecified atom stereocenters. The Kier molecular flexibility index (Phi) is 7.58. The summed E-state index contributed by atoms with van der Waals surface area (Å²) >= 11 is 0. The number of hydrogen-bond donors (Lipinski definition) is 4. The van der Waals surface area contributed by atoms with Gasteiger partial charge in [-0.05, 0) is 49.4 Å². The van der Waals surface area contributed by atoms with E-state index in [1.54, 1.807) is 12.1 Å². The maximum atomic E-state index is 14.7. The largest absolute Gasteiger partial charge is 0.486 e.